The van der Waals surface area contributed by atoms with Crippen molar-refractivity contribution in [2.24, 2.45) is 27.5 Å². The number of aromatic nitrogens is 2. The zero-order valence-electron chi connectivity index (χ0n) is 24.9. The standard InChI is InChI=1S/C15H12ClN5O4.C14H10Cl2N4O2/c1-4-20-14(22)12(17-3)8(2)13(15(20)23)19-18-10-6-5-9(16)7-11(10)21(24)25;1-7-11(17-2)13(21)20(3)14(22)12(7)19-18-8-4-5-9(15)10(16)6-8/h5-7,22H,4H2,1-2H3;4-6,21H,1,3H3. The summed E-state index contributed by atoms with van der Waals surface area (Å²) < 4.78 is 1.93. The van der Waals surface area contributed by atoms with E-state index < -0.39 is 27.8 Å². The number of hydrogen-bond donors (Lipinski definition) is 2. The van der Waals surface area contributed by atoms with E-state index in [-0.39, 0.29) is 56.8 Å². The molecule has 0 aliphatic carbocycles. The molecule has 0 aliphatic rings. The van der Waals surface area contributed by atoms with E-state index in [1.165, 1.54) is 39.1 Å². The molecule has 240 valence electrons. The number of pyridine rings is 2. The van der Waals surface area contributed by atoms with Gasteiger partial charge in [0.05, 0.1) is 33.8 Å². The molecule has 0 aliphatic heterocycles. The Hall–Kier alpha value is -5.61. The maximum Gasteiger partial charge on any atom is 0.298 e. The molecular formula is C29H22Cl3N9O6. The third-order valence-electron chi connectivity index (χ3n) is 6.47. The van der Waals surface area contributed by atoms with Gasteiger partial charge in [-0.05, 0) is 62.2 Å². The molecule has 2 aromatic carbocycles. The first kappa shape index (κ1) is 35.9. The van der Waals surface area contributed by atoms with Gasteiger partial charge < -0.3 is 10.2 Å². The first-order valence-electron chi connectivity index (χ1n) is 13.0. The van der Waals surface area contributed by atoms with Crippen molar-refractivity contribution in [3.8, 4) is 11.8 Å². The maximum absolute atomic E-state index is 12.4. The molecule has 0 unspecified atom stereocenters. The molecule has 0 fully saturated rings. The number of rotatable bonds is 6. The van der Waals surface area contributed by atoms with Crippen LogP contribution >= 0.6 is 34.8 Å². The predicted octanol–water partition coefficient (Wildman–Crippen LogP) is 9.08. The van der Waals surface area contributed by atoms with E-state index >= 15 is 0 Å². The fraction of sp³-hybridized carbons (Fsp3) is 0.172. The Morgan fingerprint density at radius 2 is 1.43 bits per heavy atom. The van der Waals surface area contributed by atoms with E-state index in [0.717, 1.165) is 15.2 Å². The highest BCUT2D eigenvalue weighted by Crippen LogP contribution is 2.37. The summed E-state index contributed by atoms with van der Waals surface area (Å²) in [5, 5.41) is 47.1. The minimum absolute atomic E-state index is 0.0163. The molecule has 0 radical (unpaired) electrons. The Morgan fingerprint density at radius 1 is 0.851 bits per heavy atom. The van der Waals surface area contributed by atoms with Gasteiger partial charge in [-0.3, -0.25) is 28.8 Å². The van der Waals surface area contributed by atoms with E-state index in [0.29, 0.717) is 15.7 Å². The van der Waals surface area contributed by atoms with Gasteiger partial charge in [-0.25, -0.2) is 9.69 Å². The van der Waals surface area contributed by atoms with Crippen molar-refractivity contribution in [1.82, 2.24) is 9.13 Å². The molecule has 18 heteroatoms. The van der Waals surface area contributed by atoms with Gasteiger partial charge in [-0.15, -0.1) is 15.3 Å². The second-order valence-corrected chi connectivity index (χ2v) is 10.6. The summed E-state index contributed by atoms with van der Waals surface area (Å²) in [5.41, 5.74) is -1.19. The van der Waals surface area contributed by atoms with Crippen LogP contribution in [0.25, 0.3) is 9.69 Å². The molecule has 2 aromatic heterocycles. The number of nitro groups is 1. The molecule has 2 N–H and O–H groups in total. The minimum atomic E-state index is -0.668. The van der Waals surface area contributed by atoms with Crippen molar-refractivity contribution in [2.75, 3.05) is 0 Å². The van der Waals surface area contributed by atoms with Crippen molar-refractivity contribution >= 4 is 74.6 Å². The lowest BCUT2D eigenvalue weighted by atomic mass is 10.2. The molecule has 0 saturated heterocycles. The Bertz CT molecular complexity index is 2180. The van der Waals surface area contributed by atoms with Crippen LogP contribution < -0.4 is 11.1 Å². The van der Waals surface area contributed by atoms with Crippen LogP contribution in [0.15, 0.2) is 66.4 Å². The Morgan fingerprint density at radius 3 is 1.98 bits per heavy atom. The van der Waals surface area contributed by atoms with Crippen LogP contribution in [-0.2, 0) is 13.6 Å². The van der Waals surface area contributed by atoms with Crippen LogP contribution in [0.4, 0.5) is 39.8 Å². The number of hydrogen-bond acceptors (Lipinski definition) is 10. The summed E-state index contributed by atoms with van der Waals surface area (Å²) in [5.74, 6) is -0.845. The Labute approximate surface area is 281 Å². The van der Waals surface area contributed by atoms with Crippen LogP contribution in [0.1, 0.15) is 18.1 Å². The third-order valence-corrected chi connectivity index (χ3v) is 7.45. The van der Waals surface area contributed by atoms with Crippen molar-refractivity contribution in [1.29, 1.82) is 0 Å². The molecule has 4 rings (SSSR count). The first-order valence-corrected chi connectivity index (χ1v) is 14.2. The Kier molecular flexibility index (Phi) is 11.5. The van der Waals surface area contributed by atoms with Gasteiger partial charge >= 0.3 is 0 Å². The zero-order chi connectivity index (χ0) is 35.2. The van der Waals surface area contributed by atoms with E-state index in [4.69, 9.17) is 47.9 Å². The summed E-state index contributed by atoms with van der Waals surface area (Å²) in [6.07, 6.45) is 0. The fourth-order valence-corrected chi connectivity index (χ4v) is 4.39. The van der Waals surface area contributed by atoms with Gasteiger partial charge in [0.2, 0.25) is 11.4 Å². The largest absolute Gasteiger partial charge is 0.503 e. The van der Waals surface area contributed by atoms with E-state index in [1.807, 2.05) is 0 Å². The highest BCUT2D eigenvalue weighted by Gasteiger charge is 2.20. The summed E-state index contributed by atoms with van der Waals surface area (Å²) >= 11 is 17.4. The van der Waals surface area contributed by atoms with Gasteiger partial charge in [0.25, 0.3) is 16.8 Å². The van der Waals surface area contributed by atoms with Crippen molar-refractivity contribution in [2.45, 2.75) is 27.3 Å². The third kappa shape index (κ3) is 7.62. The molecule has 0 amide bonds. The summed E-state index contributed by atoms with van der Waals surface area (Å²) in [7, 11) is 1.35. The number of azo groups is 2. The van der Waals surface area contributed by atoms with Gasteiger partial charge in [0.1, 0.15) is 11.4 Å². The molecule has 0 bridgehead atoms. The molecule has 2 heterocycles. The SMILES string of the molecule is [C-]#[N+]c1c(C)c(N=Nc2ccc(Cl)c(Cl)c2)c(=O)n(C)c1O.[C-]#[N+]c1c(C)c(N=Nc2ccc(Cl)cc2[N+](=O)[O-])c(=O)n(CC)c1O. The molecule has 0 spiro atoms. The van der Waals surface area contributed by atoms with Crippen LogP contribution in [0, 0.1) is 37.1 Å². The van der Waals surface area contributed by atoms with Crippen molar-refractivity contribution in [3.05, 3.63) is 116 Å². The monoisotopic (exact) mass is 697 g/mol. The lowest BCUT2D eigenvalue weighted by Gasteiger charge is -2.11. The average molecular weight is 699 g/mol. The zero-order valence-corrected chi connectivity index (χ0v) is 27.1. The molecule has 47 heavy (non-hydrogen) atoms. The van der Waals surface area contributed by atoms with Gasteiger partial charge in [0.15, 0.2) is 17.4 Å². The maximum atomic E-state index is 12.4. The van der Waals surface area contributed by atoms with Gasteiger partial charge in [-0.2, -0.15) is 5.11 Å². The van der Waals surface area contributed by atoms with Gasteiger partial charge in [-0.1, -0.05) is 34.8 Å². The number of halogens is 3. The van der Waals surface area contributed by atoms with Crippen LogP contribution in [0.5, 0.6) is 11.8 Å². The summed E-state index contributed by atoms with van der Waals surface area (Å²) in [4.78, 5) is 41.3. The highest BCUT2D eigenvalue weighted by molar-refractivity contribution is 6.42. The van der Waals surface area contributed by atoms with E-state index in [2.05, 4.69) is 30.1 Å². The van der Waals surface area contributed by atoms with Gasteiger partial charge in [0, 0.05) is 24.7 Å². The minimum Gasteiger partial charge on any atom is -0.503 e. The smallest absolute Gasteiger partial charge is 0.298 e. The lowest BCUT2D eigenvalue weighted by molar-refractivity contribution is -0.384. The quantitative estimate of drug-likeness (QED) is 0.0875. The average Bonchev–Trinajstić information content (AvgIpc) is 3.03. The molecular weight excluding hydrogens is 677 g/mol. The van der Waals surface area contributed by atoms with Crippen LogP contribution in [0.2, 0.25) is 15.1 Å². The fourth-order valence-electron chi connectivity index (χ4n) is 3.93. The normalized spacial score (nSPS) is 10.8. The number of benzene rings is 2. The molecule has 15 nitrogen and oxygen atoms in total. The second-order valence-electron chi connectivity index (χ2n) is 9.32. The first-order chi connectivity index (χ1) is 22.2. The highest BCUT2D eigenvalue weighted by atomic mass is 35.5. The van der Waals surface area contributed by atoms with Crippen LogP contribution in [-0.4, -0.2) is 24.3 Å². The number of nitrogens with zero attached hydrogens (tertiary/aromatic N) is 9. The predicted molar refractivity (Wildman–Crippen MR) is 176 cm³/mol. The van der Waals surface area contributed by atoms with Crippen molar-refractivity contribution < 1.29 is 15.1 Å². The van der Waals surface area contributed by atoms with Crippen molar-refractivity contribution in [3.63, 3.8) is 0 Å². The van der Waals surface area contributed by atoms with E-state index in [1.54, 1.807) is 19.1 Å². The van der Waals surface area contributed by atoms with Crippen LogP contribution in [0.3, 0.4) is 0 Å². The van der Waals surface area contributed by atoms with E-state index in [9.17, 15) is 29.9 Å². The second kappa shape index (κ2) is 15.1. The summed E-state index contributed by atoms with van der Waals surface area (Å²) in [6, 6.07) is 8.48. The molecule has 0 atom stereocenters. The topological polar surface area (TPSA) is 186 Å². The lowest BCUT2D eigenvalue weighted by Crippen LogP contribution is -2.19. The molecule has 0 saturated carbocycles. The number of aromatic hydroxyl groups is 2. The summed E-state index contributed by atoms with van der Waals surface area (Å²) in [6.45, 7) is 18.9. The Balaban J connectivity index is 0.000000257. The molecule has 4 aromatic rings. The number of nitro benzene ring substituents is 1.